The average molecular weight is 230 g/mol. The molecule has 16 heavy (non-hydrogen) atoms. The number of nitrogens with two attached hydrogens (primary N) is 1. The number of ether oxygens (including phenoxy) is 2. The summed E-state index contributed by atoms with van der Waals surface area (Å²) in [5, 5.41) is 0. The highest BCUT2D eigenvalue weighted by Crippen LogP contribution is 2.14. The molecule has 1 heterocycles. The lowest BCUT2D eigenvalue weighted by Crippen LogP contribution is -2.39. The van der Waals surface area contributed by atoms with Crippen molar-refractivity contribution in [3.05, 3.63) is 0 Å². The summed E-state index contributed by atoms with van der Waals surface area (Å²) in [6.45, 7) is 4.65. The molecule has 1 rings (SSSR count). The maximum atomic E-state index is 6.01. The van der Waals surface area contributed by atoms with Crippen LogP contribution in [0.15, 0.2) is 0 Å². The fourth-order valence-corrected chi connectivity index (χ4v) is 2.23. The van der Waals surface area contributed by atoms with Gasteiger partial charge in [-0.05, 0) is 32.2 Å². The van der Waals surface area contributed by atoms with Crippen LogP contribution in [-0.4, -0.2) is 58.0 Å². The Hall–Kier alpha value is -0.160. The molecule has 2 unspecified atom stereocenters. The number of rotatable bonds is 7. The smallest absolute Gasteiger partial charge is 0.0506 e. The van der Waals surface area contributed by atoms with Crippen LogP contribution in [0.25, 0.3) is 0 Å². The van der Waals surface area contributed by atoms with Crippen LogP contribution >= 0.6 is 0 Å². The molecule has 1 fully saturated rings. The highest BCUT2D eigenvalue weighted by Gasteiger charge is 2.16. The maximum Gasteiger partial charge on any atom is 0.0506 e. The van der Waals surface area contributed by atoms with Crippen LogP contribution in [0, 0.1) is 5.92 Å². The first-order valence-corrected chi connectivity index (χ1v) is 6.23. The Balaban J connectivity index is 2.11. The van der Waals surface area contributed by atoms with Crippen molar-refractivity contribution in [3.63, 3.8) is 0 Å². The van der Waals surface area contributed by atoms with Crippen molar-refractivity contribution < 1.29 is 9.47 Å². The van der Waals surface area contributed by atoms with Crippen molar-refractivity contribution in [3.8, 4) is 0 Å². The number of nitrogens with zero attached hydrogens (tertiary/aromatic N) is 1. The molecular formula is C12H26N2O2. The summed E-state index contributed by atoms with van der Waals surface area (Å²) in [6, 6.07) is 0.217. The van der Waals surface area contributed by atoms with Crippen LogP contribution in [0.2, 0.25) is 0 Å². The van der Waals surface area contributed by atoms with Gasteiger partial charge in [-0.15, -0.1) is 0 Å². The van der Waals surface area contributed by atoms with E-state index in [4.69, 9.17) is 15.2 Å². The van der Waals surface area contributed by atoms with E-state index in [0.717, 1.165) is 39.3 Å². The van der Waals surface area contributed by atoms with Crippen LogP contribution in [0.1, 0.15) is 19.3 Å². The fourth-order valence-electron chi connectivity index (χ4n) is 2.23. The molecule has 0 spiro atoms. The summed E-state index contributed by atoms with van der Waals surface area (Å²) in [6.07, 6.45) is 3.42. The first-order chi connectivity index (χ1) is 7.72. The molecule has 1 saturated heterocycles. The Morgan fingerprint density at radius 2 is 2.38 bits per heavy atom. The quantitative estimate of drug-likeness (QED) is 0.700. The van der Waals surface area contributed by atoms with Crippen molar-refractivity contribution in [1.29, 1.82) is 0 Å². The van der Waals surface area contributed by atoms with E-state index >= 15 is 0 Å². The monoisotopic (exact) mass is 230 g/mol. The van der Waals surface area contributed by atoms with Crippen molar-refractivity contribution in [1.82, 2.24) is 4.90 Å². The molecule has 0 aliphatic carbocycles. The highest BCUT2D eigenvalue weighted by atomic mass is 16.5. The Morgan fingerprint density at radius 1 is 1.56 bits per heavy atom. The first kappa shape index (κ1) is 13.9. The van der Waals surface area contributed by atoms with Gasteiger partial charge in [0.05, 0.1) is 6.61 Å². The van der Waals surface area contributed by atoms with Gasteiger partial charge in [-0.3, -0.25) is 0 Å². The van der Waals surface area contributed by atoms with Gasteiger partial charge in [0, 0.05) is 39.5 Å². The minimum Gasteiger partial charge on any atom is -0.385 e. The predicted molar refractivity (Wildman–Crippen MR) is 65.5 cm³/mol. The number of hydrogen-bond acceptors (Lipinski definition) is 4. The second-order valence-electron chi connectivity index (χ2n) is 4.85. The zero-order valence-corrected chi connectivity index (χ0v) is 10.7. The topological polar surface area (TPSA) is 47.7 Å². The molecule has 1 aliphatic heterocycles. The van der Waals surface area contributed by atoms with Gasteiger partial charge < -0.3 is 20.1 Å². The van der Waals surface area contributed by atoms with E-state index in [-0.39, 0.29) is 6.04 Å². The molecule has 0 bridgehead atoms. The maximum absolute atomic E-state index is 6.01. The zero-order chi connectivity index (χ0) is 11.8. The molecule has 0 aromatic heterocycles. The third kappa shape index (κ3) is 5.80. The van der Waals surface area contributed by atoms with Crippen molar-refractivity contribution in [2.75, 3.05) is 47.1 Å². The van der Waals surface area contributed by atoms with Crippen molar-refractivity contribution in [2.45, 2.75) is 25.3 Å². The molecular weight excluding hydrogens is 204 g/mol. The summed E-state index contributed by atoms with van der Waals surface area (Å²) in [5.41, 5.74) is 6.01. The number of likely N-dealkylation sites (N-methyl/N-ethyl adjacent to an activating group) is 1. The standard InChI is InChI=1S/C12H26N2O2/c1-14(9-12(13)5-7-15-2)8-11-4-3-6-16-10-11/h11-12H,3-10,13H2,1-2H3. The van der Waals surface area contributed by atoms with Crippen molar-refractivity contribution in [2.24, 2.45) is 11.7 Å². The Bertz CT molecular complexity index is 172. The molecule has 2 atom stereocenters. The second-order valence-corrected chi connectivity index (χ2v) is 4.85. The number of hydrogen-bond donors (Lipinski definition) is 1. The van der Waals surface area contributed by atoms with Crippen LogP contribution in [-0.2, 0) is 9.47 Å². The van der Waals surface area contributed by atoms with E-state index < -0.39 is 0 Å². The van der Waals surface area contributed by atoms with Crippen LogP contribution in [0.4, 0.5) is 0 Å². The molecule has 0 amide bonds. The van der Waals surface area contributed by atoms with Gasteiger partial charge in [-0.1, -0.05) is 0 Å². The minimum absolute atomic E-state index is 0.217. The third-order valence-corrected chi connectivity index (χ3v) is 3.06. The largest absolute Gasteiger partial charge is 0.385 e. The number of methoxy groups -OCH3 is 1. The van der Waals surface area contributed by atoms with Gasteiger partial charge in [0.2, 0.25) is 0 Å². The summed E-state index contributed by atoms with van der Waals surface area (Å²) < 4.78 is 10.5. The van der Waals surface area contributed by atoms with Gasteiger partial charge >= 0.3 is 0 Å². The Morgan fingerprint density at radius 3 is 3.00 bits per heavy atom. The molecule has 4 nitrogen and oxygen atoms in total. The summed E-state index contributed by atoms with van der Waals surface area (Å²) >= 11 is 0. The van der Waals surface area contributed by atoms with Gasteiger partial charge in [0.15, 0.2) is 0 Å². The molecule has 0 aromatic rings. The summed E-state index contributed by atoms with van der Waals surface area (Å²) in [7, 11) is 3.86. The Labute approximate surface area is 99.1 Å². The lowest BCUT2D eigenvalue weighted by atomic mass is 10.0. The van der Waals surface area contributed by atoms with E-state index in [2.05, 4.69) is 11.9 Å². The predicted octanol–water partition coefficient (Wildman–Crippen LogP) is 0.709. The first-order valence-electron chi connectivity index (χ1n) is 6.23. The van der Waals surface area contributed by atoms with Crippen LogP contribution < -0.4 is 5.73 Å². The highest BCUT2D eigenvalue weighted by molar-refractivity contribution is 4.71. The van der Waals surface area contributed by atoms with Crippen molar-refractivity contribution >= 4 is 0 Å². The van der Waals surface area contributed by atoms with Gasteiger partial charge in [0.25, 0.3) is 0 Å². The molecule has 0 saturated carbocycles. The molecule has 0 aromatic carbocycles. The van der Waals surface area contributed by atoms with E-state index in [1.807, 2.05) is 0 Å². The molecule has 2 N–H and O–H groups in total. The van der Waals surface area contributed by atoms with Gasteiger partial charge in [0.1, 0.15) is 0 Å². The minimum atomic E-state index is 0.217. The fraction of sp³-hybridized carbons (Fsp3) is 1.00. The molecule has 96 valence electrons. The van der Waals surface area contributed by atoms with Gasteiger partial charge in [-0.25, -0.2) is 0 Å². The lowest BCUT2D eigenvalue weighted by Gasteiger charge is -2.28. The van der Waals surface area contributed by atoms with Gasteiger partial charge in [-0.2, -0.15) is 0 Å². The third-order valence-electron chi connectivity index (χ3n) is 3.06. The van der Waals surface area contributed by atoms with E-state index in [1.54, 1.807) is 7.11 Å². The normalized spacial score (nSPS) is 23.6. The summed E-state index contributed by atoms with van der Waals surface area (Å²) in [5.74, 6) is 0.688. The summed E-state index contributed by atoms with van der Waals surface area (Å²) in [4.78, 5) is 2.32. The Kier molecular flexibility index (Phi) is 6.96. The van der Waals surface area contributed by atoms with Crippen LogP contribution in [0.5, 0.6) is 0 Å². The second kappa shape index (κ2) is 8.01. The zero-order valence-electron chi connectivity index (χ0n) is 10.7. The average Bonchev–Trinajstić information content (AvgIpc) is 2.27. The van der Waals surface area contributed by atoms with E-state index in [1.165, 1.54) is 12.8 Å². The molecule has 0 radical (unpaired) electrons. The molecule has 4 heteroatoms. The lowest BCUT2D eigenvalue weighted by molar-refractivity contribution is 0.0410. The van der Waals surface area contributed by atoms with E-state index in [9.17, 15) is 0 Å². The van der Waals surface area contributed by atoms with Crippen LogP contribution in [0.3, 0.4) is 0 Å². The SMILES string of the molecule is COCCC(N)CN(C)CC1CCCOC1. The molecule has 1 aliphatic rings. The van der Waals surface area contributed by atoms with E-state index in [0.29, 0.717) is 5.92 Å².